The molecule has 0 saturated carbocycles. The summed E-state index contributed by atoms with van der Waals surface area (Å²) < 4.78 is 6.59. The van der Waals surface area contributed by atoms with Crippen molar-refractivity contribution in [1.29, 1.82) is 0 Å². The van der Waals surface area contributed by atoms with Gasteiger partial charge in [0.15, 0.2) is 0 Å². The van der Waals surface area contributed by atoms with Crippen LogP contribution in [0.2, 0.25) is 0 Å². The number of aliphatic hydroxyl groups excluding tert-OH is 1. The van der Waals surface area contributed by atoms with Crippen LogP contribution in [0.15, 0.2) is 28.7 Å². The molecule has 0 heterocycles. The van der Waals surface area contributed by atoms with Crippen LogP contribution >= 0.6 is 15.9 Å². The normalized spacial score (nSPS) is 14.0. The fraction of sp³-hybridized carbons (Fsp3) is 0.647. The minimum absolute atomic E-state index is 0.120. The van der Waals surface area contributed by atoms with Gasteiger partial charge in [0.2, 0.25) is 0 Å². The maximum Gasteiger partial charge on any atom is 0.137 e. The summed E-state index contributed by atoms with van der Waals surface area (Å²) in [5.74, 6) is 0.775. The van der Waals surface area contributed by atoms with Gasteiger partial charge in [-0.3, -0.25) is 0 Å². The molecule has 3 nitrogen and oxygen atoms in total. The minimum Gasteiger partial charge on any atom is -0.491 e. The van der Waals surface area contributed by atoms with E-state index in [2.05, 4.69) is 55.9 Å². The zero-order chi connectivity index (χ0) is 16.1. The maximum absolute atomic E-state index is 10.1. The van der Waals surface area contributed by atoms with Crippen LogP contribution in [0.4, 0.5) is 0 Å². The van der Waals surface area contributed by atoms with Crippen LogP contribution in [0, 0.1) is 5.41 Å². The smallest absolute Gasteiger partial charge is 0.137 e. The molecule has 0 saturated heterocycles. The molecule has 0 aliphatic heterocycles. The summed E-state index contributed by atoms with van der Waals surface area (Å²) in [6, 6.07) is 7.67. The Bertz CT molecular complexity index is 441. The number of benzene rings is 1. The van der Waals surface area contributed by atoms with Gasteiger partial charge in [0, 0.05) is 10.9 Å². The van der Waals surface area contributed by atoms with Crippen LogP contribution in [0.25, 0.3) is 0 Å². The topological polar surface area (TPSA) is 46.1 Å². The van der Waals surface area contributed by atoms with Crippen molar-refractivity contribution in [1.82, 2.24) is 0 Å². The van der Waals surface area contributed by atoms with E-state index >= 15 is 0 Å². The average molecular weight is 359 g/mol. The zero-order valence-corrected chi connectivity index (χ0v) is 15.4. The standard InChI is InChI=1S/C17H28BrNO2/c1-16(2,3)12-17(4,5)19-10-14(20)11-21-15-8-6-7-13(18)9-15/h6-9,14,19-20H,10-12H2,1-5H3/p+1/t14-/m0/s1. The maximum atomic E-state index is 10.1. The van der Waals surface area contributed by atoms with E-state index in [9.17, 15) is 5.11 Å². The Balaban J connectivity index is 2.35. The lowest BCUT2D eigenvalue weighted by Gasteiger charge is -2.31. The van der Waals surface area contributed by atoms with Gasteiger partial charge in [0.25, 0.3) is 0 Å². The molecule has 0 aliphatic rings. The van der Waals surface area contributed by atoms with Crippen molar-refractivity contribution in [3.05, 3.63) is 28.7 Å². The largest absolute Gasteiger partial charge is 0.491 e. The number of quaternary nitrogens is 1. The molecule has 1 aromatic carbocycles. The Kier molecular flexibility index (Phi) is 6.70. The van der Waals surface area contributed by atoms with E-state index in [4.69, 9.17) is 4.74 Å². The molecule has 0 aromatic heterocycles. The van der Waals surface area contributed by atoms with Gasteiger partial charge in [-0.1, -0.05) is 42.8 Å². The van der Waals surface area contributed by atoms with Crippen molar-refractivity contribution in [2.45, 2.75) is 52.7 Å². The van der Waals surface area contributed by atoms with E-state index in [0.717, 1.165) is 16.6 Å². The van der Waals surface area contributed by atoms with E-state index in [-0.39, 0.29) is 11.0 Å². The van der Waals surface area contributed by atoms with E-state index < -0.39 is 6.10 Å². The van der Waals surface area contributed by atoms with Crippen LogP contribution in [-0.4, -0.2) is 29.9 Å². The molecule has 0 spiro atoms. The van der Waals surface area contributed by atoms with Crippen LogP contribution in [0.3, 0.4) is 0 Å². The number of halogens is 1. The van der Waals surface area contributed by atoms with Gasteiger partial charge in [-0.25, -0.2) is 0 Å². The highest BCUT2D eigenvalue weighted by Gasteiger charge is 2.29. The lowest BCUT2D eigenvalue weighted by atomic mass is 9.82. The molecule has 0 radical (unpaired) electrons. The molecule has 0 fully saturated rings. The van der Waals surface area contributed by atoms with Crippen LogP contribution in [0.5, 0.6) is 5.75 Å². The monoisotopic (exact) mass is 358 g/mol. The van der Waals surface area contributed by atoms with Crippen LogP contribution < -0.4 is 10.1 Å². The number of aliphatic hydroxyl groups is 1. The Hall–Kier alpha value is -0.580. The Morgan fingerprint density at radius 1 is 1.24 bits per heavy atom. The Labute approximate surface area is 137 Å². The van der Waals surface area contributed by atoms with Crippen molar-refractivity contribution in [3.63, 3.8) is 0 Å². The molecule has 1 aromatic rings. The highest BCUT2D eigenvalue weighted by Crippen LogP contribution is 2.24. The number of ether oxygens (including phenoxy) is 1. The van der Waals surface area contributed by atoms with Crippen LogP contribution in [-0.2, 0) is 0 Å². The third-order valence-electron chi connectivity index (χ3n) is 3.17. The summed E-state index contributed by atoms with van der Waals surface area (Å²) in [6.45, 7) is 12.1. The Morgan fingerprint density at radius 2 is 1.90 bits per heavy atom. The summed E-state index contributed by atoms with van der Waals surface area (Å²) in [4.78, 5) is 0. The lowest BCUT2D eigenvalue weighted by Crippen LogP contribution is -2.97. The number of nitrogens with two attached hydrogens (primary N) is 1. The third kappa shape index (κ3) is 8.44. The van der Waals surface area contributed by atoms with Gasteiger partial charge >= 0.3 is 0 Å². The number of hydrogen-bond acceptors (Lipinski definition) is 2. The first-order chi connectivity index (χ1) is 9.57. The summed E-state index contributed by atoms with van der Waals surface area (Å²) in [6.07, 6.45) is 0.627. The molecule has 0 bridgehead atoms. The molecular formula is C17H29BrNO2+. The SMILES string of the molecule is CC(C)(C)CC(C)(C)[NH2+]C[C@H](O)COc1cccc(Br)c1. The molecule has 21 heavy (non-hydrogen) atoms. The molecule has 0 unspecified atom stereocenters. The lowest BCUT2D eigenvalue weighted by molar-refractivity contribution is -0.727. The number of rotatable bonds is 7. The fourth-order valence-electron chi connectivity index (χ4n) is 2.71. The van der Waals surface area contributed by atoms with Gasteiger partial charge in [0.05, 0.1) is 5.54 Å². The Morgan fingerprint density at radius 3 is 2.48 bits per heavy atom. The molecule has 4 heteroatoms. The van der Waals surface area contributed by atoms with Gasteiger partial charge in [-0.2, -0.15) is 0 Å². The minimum atomic E-state index is -0.469. The second-order valence-corrected chi connectivity index (χ2v) is 8.50. The van der Waals surface area contributed by atoms with Crippen molar-refractivity contribution in [3.8, 4) is 5.75 Å². The van der Waals surface area contributed by atoms with Gasteiger partial charge in [-0.05, 0) is 37.5 Å². The highest BCUT2D eigenvalue weighted by molar-refractivity contribution is 9.10. The van der Waals surface area contributed by atoms with Crippen molar-refractivity contribution in [2.24, 2.45) is 5.41 Å². The van der Waals surface area contributed by atoms with Crippen molar-refractivity contribution >= 4 is 15.9 Å². The van der Waals surface area contributed by atoms with Crippen molar-refractivity contribution in [2.75, 3.05) is 13.2 Å². The fourth-order valence-corrected chi connectivity index (χ4v) is 3.09. The molecule has 1 rings (SSSR count). The molecule has 0 aliphatic carbocycles. The van der Waals surface area contributed by atoms with Crippen LogP contribution in [0.1, 0.15) is 41.0 Å². The summed E-state index contributed by atoms with van der Waals surface area (Å²) in [7, 11) is 0. The van der Waals surface area contributed by atoms with E-state index in [1.54, 1.807) is 0 Å². The zero-order valence-electron chi connectivity index (χ0n) is 13.8. The first-order valence-corrected chi connectivity index (χ1v) is 8.27. The molecular weight excluding hydrogens is 330 g/mol. The van der Waals surface area contributed by atoms with Gasteiger partial charge in [0.1, 0.15) is 25.0 Å². The average Bonchev–Trinajstić information content (AvgIpc) is 2.31. The van der Waals surface area contributed by atoms with Crippen molar-refractivity contribution < 1.29 is 15.2 Å². The number of hydrogen-bond donors (Lipinski definition) is 2. The van der Waals surface area contributed by atoms with E-state index in [1.807, 2.05) is 24.3 Å². The van der Waals surface area contributed by atoms with Gasteiger partial charge < -0.3 is 15.2 Å². The molecule has 120 valence electrons. The first kappa shape index (κ1) is 18.5. The summed E-state index contributed by atoms with van der Waals surface area (Å²) in [5.41, 5.74) is 0.409. The third-order valence-corrected chi connectivity index (χ3v) is 3.66. The predicted octanol–water partition coefficient (Wildman–Crippen LogP) is 2.97. The van der Waals surface area contributed by atoms with E-state index in [0.29, 0.717) is 13.2 Å². The summed E-state index contributed by atoms with van der Waals surface area (Å²) >= 11 is 3.41. The molecule has 1 atom stereocenters. The molecule has 0 amide bonds. The second kappa shape index (κ2) is 7.61. The summed E-state index contributed by atoms with van der Waals surface area (Å²) in [5, 5.41) is 12.3. The molecule has 3 N–H and O–H groups in total. The van der Waals surface area contributed by atoms with E-state index in [1.165, 1.54) is 0 Å². The van der Waals surface area contributed by atoms with Gasteiger partial charge in [-0.15, -0.1) is 0 Å². The quantitative estimate of drug-likeness (QED) is 0.786. The second-order valence-electron chi connectivity index (χ2n) is 7.59. The predicted molar refractivity (Wildman–Crippen MR) is 90.6 cm³/mol. The highest BCUT2D eigenvalue weighted by atomic mass is 79.9. The first-order valence-electron chi connectivity index (χ1n) is 7.48.